The third kappa shape index (κ3) is 2.76. The molecule has 1 nitrogen and oxygen atoms in total. The van der Waals surface area contributed by atoms with Gasteiger partial charge >= 0.3 is 0 Å². The van der Waals surface area contributed by atoms with Gasteiger partial charge in [-0.1, -0.05) is 43.1 Å². The molecule has 1 aromatic rings. The lowest BCUT2D eigenvalue weighted by molar-refractivity contribution is 0.286. The van der Waals surface area contributed by atoms with E-state index in [-0.39, 0.29) is 0 Å². The van der Waals surface area contributed by atoms with Crippen molar-refractivity contribution in [2.24, 2.45) is 5.92 Å². The fraction of sp³-hybridized carbons (Fsp3) is 0.500. The fourth-order valence-corrected chi connectivity index (χ4v) is 2.53. The Morgan fingerprint density at radius 2 is 2.07 bits per heavy atom. The minimum atomic E-state index is 0.795. The van der Waals surface area contributed by atoms with E-state index in [0.29, 0.717) is 0 Å². The third-order valence-electron chi connectivity index (χ3n) is 2.86. The largest absolute Gasteiger partial charge is 0.253 e. The Morgan fingerprint density at radius 1 is 1.29 bits per heavy atom. The molecule has 2 rings (SSSR count). The van der Waals surface area contributed by atoms with Gasteiger partial charge in [-0.15, -0.1) is 0 Å². The summed E-state index contributed by atoms with van der Waals surface area (Å²) in [6.07, 6.45) is 3.85. The fourth-order valence-electron chi connectivity index (χ4n) is 2.16. The van der Waals surface area contributed by atoms with Crippen LogP contribution >= 0.6 is 12.8 Å². The van der Waals surface area contributed by atoms with Gasteiger partial charge < -0.3 is 0 Å². The molecule has 14 heavy (non-hydrogen) atoms. The zero-order chi connectivity index (χ0) is 9.80. The van der Waals surface area contributed by atoms with Gasteiger partial charge in [0.05, 0.1) is 0 Å². The third-order valence-corrected chi connectivity index (χ3v) is 3.23. The molecule has 0 radical (unpaired) electrons. The molecule has 0 aromatic heterocycles. The van der Waals surface area contributed by atoms with Crippen molar-refractivity contribution in [1.29, 1.82) is 0 Å². The first-order chi connectivity index (χ1) is 6.84. The van der Waals surface area contributed by atoms with Crippen molar-refractivity contribution in [3.05, 3.63) is 35.9 Å². The minimum absolute atomic E-state index is 0.795. The molecule has 1 saturated heterocycles. The van der Waals surface area contributed by atoms with Gasteiger partial charge in [-0.25, -0.2) is 0 Å². The monoisotopic (exact) mass is 207 g/mol. The van der Waals surface area contributed by atoms with Crippen LogP contribution in [0.1, 0.15) is 18.4 Å². The van der Waals surface area contributed by atoms with Crippen molar-refractivity contribution in [1.82, 2.24) is 4.31 Å². The second-order valence-electron chi connectivity index (χ2n) is 4.11. The van der Waals surface area contributed by atoms with Crippen molar-refractivity contribution >= 4 is 12.8 Å². The first kappa shape index (κ1) is 10.1. The van der Waals surface area contributed by atoms with Gasteiger partial charge in [0.25, 0.3) is 0 Å². The Morgan fingerprint density at radius 3 is 2.79 bits per heavy atom. The second kappa shape index (κ2) is 4.85. The molecule has 0 amide bonds. The van der Waals surface area contributed by atoms with Crippen LogP contribution in [0, 0.1) is 5.92 Å². The Hall–Kier alpha value is -0.470. The molecular weight excluding hydrogens is 190 g/mol. The summed E-state index contributed by atoms with van der Waals surface area (Å²) in [5, 5.41) is 0. The first-order valence-electron chi connectivity index (χ1n) is 5.32. The Labute approximate surface area is 91.7 Å². The van der Waals surface area contributed by atoms with E-state index in [2.05, 4.69) is 47.5 Å². The molecule has 1 atom stereocenters. The van der Waals surface area contributed by atoms with E-state index >= 15 is 0 Å². The summed E-state index contributed by atoms with van der Waals surface area (Å²) in [6, 6.07) is 10.8. The van der Waals surface area contributed by atoms with Crippen LogP contribution < -0.4 is 0 Å². The minimum Gasteiger partial charge on any atom is -0.253 e. The molecule has 2 heteroatoms. The van der Waals surface area contributed by atoms with Gasteiger partial charge in [0, 0.05) is 13.1 Å². The molecule has 1 aliphatic rings. The zero-order valence-corrected chi connectivity index (χ0v) is 9.29. The van der Waals surface area contributed by atoms with Gasteiger partial charge in [-0.2, -0.15) is 0 Å². The van der Waals surface area contributed by atoms with Crippen LogP contribution in [0.15, 0.2) is 30.3 Å². The van der Waals surface area contributed by atoms with E-state index in [1.807, 2.05) is 0 Å². The molecule has 0 N–H and O–H groups in total. The van der Waals surface area contributed by atoms with Gasteiger partial charge in [0.2, 0.25) is 0 Å². The predicted octanol–water partition coefficient (Wildman–Crippen LogP) is 2.79. The summed E-state index contributed by atoms with van der Waals surface area (Å²) >= 11 is 4.42. The average Bonchev–Trinajstić information content (AvgIpc) is 2.19. The van der Waals surface area contributed by atoms with E-state index in [0.717, 1.165) is 19.0 Å². The molecule has 0 saturated carbocycles. The van der Waals surface area contributed by atoms with Crippen LogP contribution in [-0.2, 0) is 6.42 Å². The molecule has 1 aliphatic heterocycles. The second-order valence-corrected chi connectivity index (χ2v) is 4.68. The standard InChI is InChI=1S/C12H17NS/c14-13-8-4-7-12(10-13)9-11-5-2-1-3-6-11/h1-3,5-6,12,14H,4,7-10H2. The van der Waals surface area contributed by atoms with Gasteiger partial charge in [-0.05, 0) is 30.7 Å². The summed E-state index contributed by atoms with van der Waals surface area (Å²) in [5.74, 6) is 0.795. The highest BCUT2D eigenvalue weighted by molar-refractivity contribution is 7.77. The summed E-state index contributed by atoms with van der Waals surface area (Å²) < 4.78 is 2.15. The lowest BCUT2D eigenvalue weighted by Crippen LogP contribution is -2.29. The topological polar surface area (TPSA) is 3.24 Å². The summed E-state index contributed by atoms with van der Waals surface area (Å²) in [7, 11) is 0. The summed E-state index contributed by atoms with van der Waals surface area (Å²) in [6.45, 7) is 2.28. The summed E-state index contributed by atoms with van der Waals surface area (Å²) in [4.78, 5) is 0. The Balaban J connectivity index is 1.91. The van der Waals surface area contributed by atoms with Crippen molar-refractivity contribution in [2.75, 3.05) is 13.1 Å². The molecular formula is C12H17NS. The summed E-state index contributed by atoms with van der Waals surface area (Å²) in [5.41, 5.74) is 1.46. The van der Waals surface area contributed by atoms with E-state index < -0.39 is 0 Å². The number of nitrogens with zero attached hydrogens (tertiary/aromatic N) is 1. The Bertz CT molecular complexity index is 273. The molecule has 1 fully saturated rings. The highest BCUT2D eigenvalue weighted by atomic mass is 32.1. The maximum absolute atomic E-state index is 4.42. The quantitative estimate of drug-likeness (QED) is 0.730. The van der Waals surface area contributed by atoms with Crippen LogP contribution in [0.3, 0.4) is 0 Å². The lowest BCUT2D eigenvalue weighted by atomic mass is 9.92. The molecule has 0 aliphatic carbocycles. The van der Waals surface area contributed by atoms with Crippen LogP contribution in [0.2, 0.25) is 0 Å². The predicted molar refractivity (Wildman–Crippen MR) is 63.4 cm³/mol. The molecule has 76 valence electrons. The number of rotatable bonds is 2. The van der Waals surface area contributed by atoms with Crippen molar-refractivity contribution < 1.29 is 0 Å². The van der Waals surface area contributed by atoms with Crippen LogP contribution in [0.5, 0.6) is 0 Å². The van der Waals surface area contributed by atoms with Gasteiger partial charge in [0.15, 0.2) is 0 Å². The number of hydrogen-bond donors (Lipinski definition) is 1. The molecule has 1 heterocycles. The molecule has 0 bridgehead atoms. The molecule has 1 unspecified atom stereocenters. The molecule has 1 aromatic carbocycles. The van der Waals surface area contributed by atoms with E-state index in [1.54, 1.807) is 0 Å². The number of thiol groups is 1. The normalized spacial score (nSPS) is 23.6. The van der Waals surface area contributed by atoms with Gasteiger partial charge in [-0.3, -0.25) is 4.31 Å². The van der Waals surface area contributed by atoms with Crippen molar-refractivity contribution in [3.63, 3.8) is 0 Å². The zero-order valence-electron chi connectivity index (χ0n) is 8.39. The first-order valence-corrected chi connectivity index (χ1v) is 5.72. The number of hydrogen-bond acceptors (Lipinski definition) is 2. The Kier molecular flexibility index (Phi) is 3.49. The van der Waals surface area contributed by atoms with Crippen molar-refractivity contribution in [2.45, 2.75) is 19.3 Å². The lowest BCUT2D eigenvalue weighted by Gasteiger charge is -2.28. The molecule has 0 spiro atoms. The maximum Gasteiger partial charge on any atom is 0.0118 e. The van der Waals surface area contributed by atoms with E-state index in [1.165, 1.54) is 24.8 Å². The highest BCUT2D eigenvalue weighted by Crippen LogP contribution is 2.21. The average molecular weight is 207 g/mol. The van der Waals surface area contributed by atoms with Crippen LogP contribution in [0.4, 0.5) is 0 Å². The van der Waals surface area contributed by atoms with Crippen LogP contribution in [-0.4, -0.2) is 17.4 Å². The smallest absolute Gasteiger partial charge is 0.0118 e. The number of piperidine rings is 1. The van der Waals surface area contributed by atoms with E-state index in [4.69, 9.17) is 0 Å². The van der Waals surface area contributed by atoms with Gasteiger partial charge in [0.1, 0.15) is 0 Å². The van der Waals surface area contributed by atoms with Crippen molar-refractivity contribution in [3.8, 4) is 0 Å². The number of benzene rings is 1. The van der Waals surface area contributed by atoms with Crippen LogP contribution in [0.25, 0.3) is 0 Å². The highest BCUT2D eigenvalue weighted by Gasteiger charge is 2.17. The SMILES string of the molecule is SN1CCCC(Cc2ccccc2)C1. The van der Waals surface area contributed by atoms with E-state index in [9.17, 15) is 0 Å². The maximum atomic E-state index is 4.42.